The maximum atomic E-state index is 3.90. The minimum absolute atomic E-state index is 1.69. The Kier molecular flexibility index (Phi) is 1.47. The van der Waals surface area contributed by atoms with E-state index in [9.17, 15) is 0 Å². The van der Waals surface area contributed by atoms with Crippen molar-refractivity contribution in [1.82, 2.24) is 9.78 Å². The van der Waals surface area contributed by atoms with Crippen molar-refractivity contribution < 1.29 is 0 Å². The van der Waals surface area contributed by atoms with Crippen molar-refractivity contribution in [2.24, 2.45) is 0 Å². The summed E-state index contributed by atoms with van der Waals surface area (Å²) in [4.78, 5) is 0. The van der Waals surface area contributed by atoms with Crippen molar-refractivity contribution in [2.45, 2.75) is 0 Å². The van der Waals surface area contributed by atoms with Gasteiger partial charge in [0.1, 0.15) is 0 Å². The lowest BCUT2D eigenvalue weighted by molar-refractivity contribution is 0.935. The van der Waals surface area contributed by atoms with Gasteiger partial charge in [-0.3, -0.25) is 0 Å². The molecule has 0 saturated heterocycles. The monoisotopic (exact) mass is 107 g/mol. The molecule has 0 unspecified atom stereocenters. The lowest BCUT2D eigenvalue weighted by Gasteiger charge is -1.83. The fourth-order valence-corrected chi connectivity index (χ4v) is 0.477. The van der Waals surface area contributed by atoms with Crippen LogP contribution in [0.1, 0.15) is 0 Å². The summed E-state index contributed by atoms with van der Waals surface area (Å²) in [6, 6.07) is 1.86. The van der Waals surface area contributed by atoms with Crippen LogP contribution in [0.4, 0.5) is 0 Å². The Hall–Kier alpha value is -1.05. The molecule has 0 amide bonds. The zero-order valence-corrected chi connectivity index (χ0v) is 4.49. The van der Waals surface area contributed by atoms with E-state index < -0.39 is 0 Å². The van der Waals surface area contributed by atoms with Crippen LogP contribution in [-0.2, 0) is 0 Å². The predicted molar refractivity (Wildman–Crippen MR) is 32.9 cm³/mol. The first-order valence-corrected chi connectivity index (χ1v) is 2.38. The highest BCUT2D eigenvalue weighted by molar-refractivity contribution is 5.20. The molecule has 0 spiro atoms. The van der Waals surface area contributed by atoms with Crippen LogP contribution in [0.25, 0.3) is 6.20 Å². The van der Waals surface area contributed by atoms with Crippen molar-refractivity contribution in [2.75, 3.05) is 0 Å². The fraction of sp³-hybridized carbons (Fsp3) is 0. The van der Waals surface area contributed by atoms with Crippen molar-refractivity contribution in [1.29, 1.82) is 0 Å². The molecule has 1 radical (unpaired) electrons. The van der Waals surface area contributed by atoms with Crippen LogP contribution in [0.2, 0.25) is 0 Å². The summed E-state index contributed by atoms with van der Waals surface area (Å²) in [5, 5.41) is 3.90. The van der Waals surface area contributed by atoms with E-state index in [1.54, 1.807) is 23.2 Å². The van der Waals surface area contributed by atoms with Crippen LogP contribution in [0.3, 0.4) is 0 Å². The molecule has 0 N–H and O–H groups in total. The second kappa shape index (κ2) is 2.31. The summed E-state index contributed by atoms with van der Waals surface area (Å²) in [6.45, 7) is 3.52. The highest BCUT2D eigenvalue weighted by Gasteiger charge is 1.75. The van der Waals surface area contributed by atoms with E-state index in [1.165, 1.54) is 0 Å². The Morgan fingerprint density at radius 1 is 1.62 bits per heavy atom. The second-order valence-corrected chi connectivity index (χ2v) is 1.37. The molecular weight excluding hydrogens is 100 g/mol. The van der Waals surface area contributed by atoms with Gasteiger partial charge < -0.3 is 0 Å². The Balaban J connectivity index is 2.77. The quantitative estimate of drug-likeness (QED) is 0.527. The molecule has 2 heteroatoms. The molecular formula is C6H7N2. The van der Waals surface area contributed by atoms with Crippen LogP contribution in [0.5, 0.6) is 0 Å². The number of hydrogen-bond acceptors (Lipinski definition) is 1. The molecule has 0 aromatic carbocycles. The number of rotatable bonds is 1. The summed E-state index contributed by atoms with van der Waals surface area (Å²) in [6.07, 6.45) is 7.04. The molecule has 0 bridgehead atoms. The van der Waals surface area contributed by atoms with Gasteiger partial charge in [-0.25, -0.2) is 4.68 Å². The molecule has 0 aliphatic heterocycles. The van der Waals surface area contributed by atoms with E-state index in [-0.39, 0.29) is 0 Å². The number of nitrogens with zero attached hydrogens (tertiary/aromatic N) is 2. The summed E-state index contributed by atoms with van der Waals surface area (Å²) < 4.78 is 1.69. The molecule has 1 rings (SSSR count). The van der Waals surface area contributed by atoms with E-state index in [0.717, 1.165) is 0 Å². The maximum Gasteiger partial charge on any atom is 0.0493 e. The molecule has 0 aliphatic carbocycles. The average molecular weight is 107 g/mol. The Labute approximate surface area is 48.4 Å². The summed E-state index contributed by atoms with van der Waals surface area (Å²) in [5.74, 6) is 0. The minimum Gasteiger partial charge on any atom is -0.249 e. The fourth-order valence-electron chi connectivity index (χ4n) is 0.477. The zero-order chi connectivity index (χ0) is 5.82. The maximum absolute atomic E-state index is 3.90. The van der Waals surface area contributed by atoms with Gasteiger partial charge in [-0.1, -0.05) is 6.08 Å². The SMILES string of the molecule is [CH2]C=Cn1cccn1. The zero-order valence-electron chi connectivity index (χ0n) is 4.49. The standard InChI is InChI=1S/C6H7N2/c1-2-5-8-6-3-4-7-8/h2-6H,1H2. The first kappa shape index (κ1) is 5.09. The smallest absolute Gasteiger partial charge is 0.0493 e. The number of aromatic nitrogens is 2. The van der Waals surface area contributed by atoms with E-state index in [2.05, 4.69) is 12.0 Å². The van der Waals surface area contributed by atoms with Gasteiger partial charge in [0, 0.05) is 18.6 Å². The Morgan fingerprint density at radius 3 is 3.00 bits per heavy atom. The van der Waals surface area contributed by atoms with Crippen LogP contribution in [0.15, 0.2) is 24.5 Å². The molecule has 0 saturated carbocycles. The van der Waals surface area contributed by atoms with Crippen molar-refractivity contribution >= 4 is 6.20 Å². The Bertz CT molecular complexity index is 163. The number of hydrogen-bond donors (Lipinski definition) is 0. The van der Waals surface area contributed by atoms with Gasteiger partial charge in [-0.2, -0.15) is 5.10 Å². The van der Waals surface area contributed by atoms with Gasteiger partial charge in [0.2, 0.25) is 0 Å². The second-order valence-electron chi connectivity index (χ2n) is 1.37. The molecule has 8 heavy (non-hydrogen) atoms. The third kappa shape index (κ3) is 0.964. The molecule has 1 aromatic heterocycles. The highest BCUT2D eigenvalue weighted by atomic mass is 15.2. The van der Waals surface area contributed by atoms with Crippen LogP contribution in [-0.4, -0.2) is 9.78 Å². The molecule has 1 aromatic rings. The van der Waals surface area contributed by atoms with E-state index in [1.807, 2.05) is 12.3 Å². The first-order chi connectivity index (χ1) is 3.93. The number of allylic oxidation sites excluding steroid dienone is 1. The lowest BCUT2D eigenvalue weighted by atomic mass is 10.7. The molecule has 0 aliphatic rings. The average Bonchev–Trinajstić information content (AvgIpc) is 2.19. The van der Waals surface area contributed by atoms with Crippen molar-refractivity contribution in [3.63, 3.8) is 0 Å². The van der Waals surface area contributed by atoms with Gasteiger partial charge >= 0.3 is 0 Å². The van der Waals surface area contributed by atoms with Gasteiger partial charge in [0.05, 0.1) is 0 Å². The summed E-state index contributed by atoms with van der Waals surface area (Å²) in [5.41, 5.74) is 0. The topological polar surface area (TPSA) is 17.8 Å². The molecule has 0 atom stereocenters. The first-order valence-electron chi connectivity index (χ1n) is 2.38. The van der Waals surface area contributed by atoms with Crippen LogP contribution < -0.4 is 0 Å². The van der Waals surface area contributed by atoms with E-state index >= 15 is 0 Å². The van der Waals surface area contributed by atoms with Crippen LogP contribution >= 0.6 is 0 Å². The molecule has 2 nitrogen and oxygen atoms in total. The highest BCUT2D eigenvalue weighted by Crippen LogP contribution is 1.83. The third-order valence-corrected chi connectivity index (χ3v) is 0.783. The molecule has 1 heterocycles. The Morgan fingerprint density at radius 2 is 2.50 bits per heavy atom. The lowest BCUT2D eigenvalue weighted by Crippen LogP contribution is -1.82. The minimum atomic E-state index is 1.69. The molecule has 0 fully saturated rings. The predicted octanol–water partition coefficient (Wildman–Crippen LogP) is 1.19. The molecule has 41 valence electrons. The van der Waals surface area contributed by atoms with Gasteiger partial charge in [0.15, 0.2) is 0 Å². The van der Waals surface area contributed by atoms with Crippen molar-refractivity contribution in [3.8, 4) is 0 Å². The summed E-state index contributed by atoms with van der Waals surface area (Å²) in [7, 11) is 0. The van der Waals surface area contributed by atoms with Crippen LogP contribution in [0, 0.1) is 6.92 Å². The van der Waals surface area contributed by atoms with Crippen molar-refractivity contribution in [3.05, 3.63) is 31.5 Å². The largest absolute Gasteiger partial charge is 0.249 e. The third-order valence-electron chi connectivity index (χ3n) is 0.783. The van der Waals surface area contributed by atoms with E-state index in [4.69, 9.17) is 0 Å². The van der Waals surface area contributed by atoms with E-state index in [0.29, 0.717) is 0 Å². The summed E-state index contributed by atoms with van der Waals surface area (Å²) >= 11 is 0. The van der Waals surface area contributed by atoms with Gasteiger partial charge in [0.25, 0.3) is 0 Å². The van der Waals surface area contributed by atoms with Gasteiger partial charge in [-0.15, -0.1) is 0 Å². The van der Waals surface area contributed by atoms with Gasteiger partial charge in [-0.05, 0) is 13.0 Å². The normalized spacial score (nSPS) is 10.6.